The fraction of sp³-hybridized carbons (Fsp3) is 0.500. The average Bonchev–Trinajstić information content (AvgIpc) is 2.31. The molecule has 1 aromatic carbocycles. The van der Waals surface area contributed by atoms with Gasteiger partial charge in [-0.05, 0) is 38.4 Å². The minimum absolute atomic E-state index is 0.260. The van der Waals surface area contributed by atoms with Gasteiger partial charge in [0.25, 0.3) is 0 Å². The normalized spacial score (nSPS) is 21.9. The molecule has 0 bridgehead atoms. The van der Waals surface area contributed by atoms with Crippen LogP contribution in [0.2, 0.25) is 0 Å². The Hall–Kier alpha value is -0.870. The van der Waals surface area contributed by atoms with Gasteiger partial charge in [0.1, 0.15) is 0 Å². The van der Waals surface area contributed by atoms with E-state index in [4.69, 9.17) is 0 Å². The number of hydrogen-bond acceptors (Lipinski definition) is 3. The molecule has 3 nitrogen and oxygen atoms in total. The Labute approximate surface area is 96.8 Å². The van der Waals surface area contributed by atoms with Crippen molar-refractivity contribution in [1.82, 2.24) is 5.32 Å². The fourth-order valence-corrected chi connectivity index (χ4v) is 3.72. The van der Waals surface area contributed by atoms with Crippen LogP contribution in [0.15, 0.2) is 29.2 Å². The molecule has 0 spiro atoms. The van der Waals surface area contributed by atoms with E-state index in [-0.39, 0.29) is 5.25 Å². The molecule has 1 atom stereocenters. The van der Waals surface area contributed by atoms with Crippen LogP contribution in [0.4, 0.5) is 0 Å². The zero-order valence-electron chi connectivity index (χ0n) is 9.44. The van der Waals surface area contributed by atoms with Gasteiger partial charge in [0.2, 0.25) is 0 Å². The molecular weight excluding hydrogens is 222 g/mol. The van der Waals surface area contributed by atoms with Gasteiger partial charge in [0, 0.05) is 6.54 Å². The van der Waals surface area contributed by atoms with Crippen molar-refractivity contribution in [3.8, 4) is 0 Å². The van der Waals surface area contributed by atoms with Crippen LogP contribution >= 0.6 is 0 Å². The maximum absolute atomic E-state index is 12.3. The highest BCUT2D eigenvalue weighted by Crippen LogP contribution is 2.21. The number of hydrogen-bond donors (Lipinski definition) is 1. The van der Waals surface area contributed by atoms with Crippen molar-refractivity contribution in [1.29, 1.82) is 0 Å². The molecule has 1 aliphatic rings. The van der Waals surface area contributed by atoms with Crippen LogP contribution in [0.5, 0.6) is 0 Å². The number of sulfone groups is 1. The molecule has 2 rings (SSSR count). The van der Waals surface area contributed by atoms with Gasteiger partial charge < -0.3 is 5.32 Å². The topological polar surface area (TPSA) is 46.2 Å². The third kappa shape index (κ3) is 2.28. The van der Waals surface area contributed by atoms with E-state index < -0.39 is 9.84 Å². The first-order valence-corrected chi connectivity index (χ1v) is 7.16. The van der Waals surface area contributed by atoms with E-state index in [0.29, 0.717) is 11.4 Å². The van der Waals surface area contributed by atoms with Crippen LogP contribution in [0.1, 0.15) is 18.4 Å². The predicted octanol–water partition coefficient (Wildman–Crippen LogP) is 1.52. The number of nitrogens with one attached hydrogen (secondary N) is 1. The lowest BCUT2D eigenvalue weighted by atomic mass is 10.2. The van der Waals surface area contributed by atoms with Gasteiger partial charge in [-0.15, -0.1) is 0 Å². The standard InChI is InChI=1S/C12H17NO2S/c1-10-4-6-11(7-5-10)16(14,15)12-3-2-8-13-9-12/h4-7,12-13H,2-3,8-9H2,1H3. The summed E-state index contributed by atoms with van der Waals surface area (Å²) in [6.45, 7) is 3.47. The van der Waals surface area contributed by atoms with Crippen LogP contribution in [-0.2, 0) is 9.84 Å². The molecule has 0 radical (unpaired) electrons. The van der Waals surface area contributed by atoms with Gasteiger partial charge in [0.15, 0.2) is 9.84 Å². The molecule has 0 saturated carbocycles. The first-order valence-electron chi connectivity index (χ1n) is 5.62. The van der Waals surface area contributed by atoms with Crippen molar-refractivity contribution in [3.05, 3.63) is 29.8 Å². The van der Waals surface area contributed by atoms with E-state index in [1.165, 1.54) is 0 Å². The molecule has 1 N–H and O–H groups in total. The third-order valence-electron chi connectivity index (χ3n) is 3.04. The molecule has 1 aromatic rings. The molecule has 0 amide bonds. The Bertz CT molecular complexity index is 444. The molecule has 1 fully saturated rings. The van der Waals surface area contributed by atoms with Gasteiger partial charge >= 0.3 is 0 Å². The molecule has 4 heteroatoms. The highest BCUT2D eigenvalue weighted by Gasteiger charge is 2.28. The molecule has 1 saturated heterocycles. The minimum atomic E-state index is -3.14. The van der Waals surface area contributed by atoms with Crippen molar-refractivity contribution in [2.45, 2.75) is 29.9 Å². The molecule has 1 heterocycles. The Balaban J connectivity index is 2.27. The van der Waals surface area contributed by atoms with Crippen LogP contribution in [-0.4, -0.2) is 26.8 Å². The molecule has 16 heavy (non-hydrogen) atoms. The number of rotatable bonds is 2. The monoisotopic (exact) mass is 239 g/mol. The number of aryl methyl sites for hydroxylation is 1. The van der Waals surface area contributed by atoms with Gasteiger partial charge in [0.05, 0.1) is 10.1 Å². The lowest BCUT2D eigenvalue weighted by Gasteiger charge is -2.22. The summed E-state index contributed by atoms with van der Waals surface area (Å²) >= 11 is 0. The zero-order chi connectivity index (χ0) is 11.6. The summed E-state index contributed by atoms with van der Waals surface area (Å²) in [5.41, 5.74) is 1.08. The minimum Gasteiger partial charge on any atom is -0.315 e. The van der Waals surface area contributed by atoms with E-state index in [1.54, 1.807) is 12.1 Å². The highest BCUT2D eigenvalue weighted by atomic mass is 32.2. The largest absolute Gasteiger partial charge is 0.315 e. The summed E-state index contributed by atoms with van der Waals surface area (Å²) in [6, 6.07) is 7.12. The third-order valence-corrected chi connectivity index (χ3v) is 5.25. The van der Waals surface area contributed by atoms with Crippen molar-refractivity contribution >= 4 is 9.84 Å². The second kappa shape index (κ2) is 4.55. The van der Waals surface area contributed by atoms with Gasteiger partial charge in [-0.1, -0.05) is 17.7 Å². The SMILES string of the molecule is Cc1ccc(S(=O)(=O)C2CCCNC2)cc1. The Morgan fingerprint density at radius 3 is 2.50 bits per heavy atom. The van der Waals surface area contributed by atoms with Crippen molar-refractivity contribution in [2.24, 2.45) is 0 Å². The highest BCUT2D eigenvalue weighted by molar-refractivity contribution is 7.92. The van der Waals surface area contributed by atoms with Crippen LogP contribution in [0.3, 0.4) is 0 Å². The smallest absolute Gasteiger partial charge is 0.182 e. The van der Waals surface area contributed by atoms with E-state index in [1.807, 2.05) is 19.1 Å². The molecule has 88 valence electrons. The molecule has 0 aliphatic carbocycles. The first-order chi connectivity index (χ1) is 7.60. The molecule has 1 aliphatic heterocycles. The van der Waals surface area contributed by atoms with Gasteiger partial charge in [-0.2, -0.15) is 0 Å². The maximum atomic E-state index is 12.3. The number of benzene rings is 1. The zero-order valence-corrected chi connectivity index (χ0v) is 10.3. The van der Waals surface area contributed by atoms with E-state index in [9.17, 15) is 8.42 Å². The summed E-state index contributed by atoms with van der Waals surface area (Å²) in [5.74, 6) is 0. The average molecular weight is 239 g/mol. The maximum Gasteiger partial charge on any atom is 0.182 e. The van der Waals surface area contributed by atoms with E-state index >= 15 is 0 Å². The number of piperidine rings is 1. The van der Waals surface area contributed by atoms with Crippen LogP contribution < -0.4 is 5.32 Å². The summed E-state index contributed by atoms with van der Waals surface area (Å²) in [6.07, 6.45) is 1.71. The fourth-order valence-electron chi connectivity index (χ4n) is 2.01. The first kappa shape index (κ1) is 11.6. The molecule has 0 aromatic heterocycles. The molecular formula is C12H17NO2S. The summed E-state index contributed by atoms with van der Waals surface area (Å²) in [5, 5.41) is 2.88. The quantitative estimate of drug-likeness (QED) is 0.851. The van der Waals surface area contributed by atoms with Crippen molar-refractivity contribution < 1.29 is 8.42 Å². The summed E-state index contributed by atoms with van der Waals surface area (Å²) in [4.78, 5) is 0.451. The lowest BCUT2D eigenvalue weighted by molar-refractivity contribution is 0.497. The van der Waals surface area contributed by atoms with Crippen molar-refractivity contribution in [2.75, 3.05) is 13.1 Å². The Morgan fingerprint density at radius 1 is 1.25 bits per heavy atom. The molecule has 1 unspecified atom stereocenters. The predicted molar refractivity (Wildman–Crippen MR) is 64.3 cm³/mol. The Kier molecular flexibility index (Phi) is 3.30. The lowest BCUT2D eigenvalue weighted by Crippen LogP contribution is -2.38. The van der Waals surface area contributed by atoms with Gasteiger partial charge in [-0.25, -0.2) is 8.42 Å². The van der Waals surface area contributed by atoms with Crippen LogP contribution in [0.25, 0.3) is 0 Å². The van der Waals surface area contributed by atoms with Crippen molar-refractivity contribution in [3.63, 3.8) is 0 Å². The summed E-state index contributed by atoms with van der Waals surface area (Å²) < 4.78 is 24.5. The second-order valence-corrected chi connectivity index (χ2v) is 6.55. The van der Waals surface area contributed by atoms with Crippen LogP contribution in [0, 0.1) is 6.92 Å². The van der Waals surface area contributed by atoms with E-state index in [2.05, 4.69) is 5.32 Å². The van der Waals surface area contributed by atoms with E-state index in [0.717, 1.165) is 24.9 Å². The second-order valence-electron chi connectivity index (χ2n) is 4.33. The Morgan fingerprint density at radius 2 is 1.94 bits per heavy atom. The van der Waals surface area contributed by atoms with Gasteiger partial charge in [-0.3, -0.25) is 0 Å². The summed E-state index contributed by atoms with van der Waals surface area (Å²) in [7, 11) is -3.14.